The molecule has 9 heteroatoms. The lowest BCUT2D eigenvalue weighted by Crippen LogP contribution is -2.28. The Hall–Kier alpha value is -2.03. The SMILES string of the molecule is C=CCc1cc(CC(CC)C(=O)OC)ccc1OS(=O)(=O)C(F)(F)F. The third kappa shape index (κ3) is 5.48. The van der Waals surface area contributed by atoms with E-state index in [1.165, 1.54) is 25.3 Å². The molecule has 25 heavy (non-hydrogen) atoms. The monoisotopic (exact) mass is 380 g/mol. The van der Waals surface area contributed by atoms with Crippen LogP contribution in [0.4, 0.5) is 13.2 Å². The van der Waals surface area contributed by atoms with E-state index < -0.39 is 33.3 Å². The number of carbonyl (C=O) groups is 1. The second-order valence-electron chi connectivity index (χ2n) is 5.25. The average Bonchev–Trinajstić information content (AvgIpc) is 2.53. The molecule has 1 aromatic rings. The fraction of sp³-hybridized carbons (Fsp3) is 0.438. The molecule has 140 valence electrons. The summed E-state index contributed by atoms with van der Waals surface area (Å²) in [6.45, 7) is 5.29. The predicted molar refractivity (Wildman–Crippen MR) is 85.4 cm³/mol. The third-order valence-corrected chi connectivity index (χ3v) is 4.45. The van der Waals surface area contributed by atoms with E-state index >= 15 is 0 Å². The van der Waals surface area contributed by atoms with Gasteiger partial charge >= 0.3 is 21.6 Å². The van der Waals surface area contributed by atoms with E-state index in [1.54, 1.807) is 6.92 Å². The number of rotatable bonds is 8. The number of hydrogen-bond acceptors (Lipinski definition) is 5. The van der Waals surface area contributed by atoms with Crippen LogP contribution in [0.25, 0.3) is 0 Å². The van der Waals surface area contributed by atoms with Gasteiger partial charge in [0.1, 0.15) is 5.75 Å². The molecule has 1 atom stereocenters. The number of hydrogen-bond donors (Lipinski definition) is 0. The van der Waals surface area contributed by atoms with Crippen LogP contribution in [0, 0.1) is 5.92 Å². The first-order valence-corrected chi connectivity index (χ1v) is 8.77. The minimum absolute atomic E-state index is 0.103. The maximum atomic E-state index is 12.5. The maximum absolute atomic E-state index is 12.5. The van der Waals surface area contributed by atoms with Crippen molar-refractivity contribution in [1.29, 1.82) is 0 Å². The average molecular weight is 380 g/mol. The van der Waals surface area contributed by atoms with Crippen LogP contribution in [0.5, 0.6) is 5.75 Å². The number of allylic oxidation sites excluding steroid dienone is 1. The minimum atomic E-state index is -5.76. The standard InChI is InChI=1S/C16H19F3O5S/c1-4-6-13-10-11(9-12(5-2)15(20)23-3)7-8-14(13)24-25(21,22)16(17,18)19/h4,7-8,10,12H,1,5-6,9H2,2-3H3. The summed E-state index contributed by atoms with van der Waals surface area (Å²) < 4.78 is 68.7. The fourth-order valence-electron chi connectivity index (χ4n) is 2.17. The van der Waals surface area contributed by atoms with Crippen LogP contribution in [0.3, 0.4) is 0 Å². The molecule has 0 aromatic heterocycles. The van der Waals surface area contributed by atoms with Crippen molar-refractivity contribution >= 4 is 16.1 Å². The molecule has 1 rings (SSSR count). The molecule has 0 heterocycles. The summed E-state index contributed by atoms with van der Waals surface area (Å²) in [6, 6.07) is 4.05. The summed E-state index contributed by atoms with van der Waals surface area (Å²) in [6.07, 6.45) is 2.33. The molecule has 0 bridgehead atoms. The highest BCUT2D eigenvalue weighted by Gasteiger charge is 2.48. The van der Waals surface area contributed by atoms with E-state index in [4.69, 9.17) is 4.74 Å². The second-order valence-corrected chi connectivity index (χ2v) is 6.79. The zero-order chi connectivity index (χ0) is 19.3. The normalized spacial score (nSPS) is 13.2. The molecule has 0 radical (unpaired) electrons. The van der Waals surface area contributed by atoms with Crippen LogP contribution in [0.15, 0.2) is 30.9 Å². The Kier molecular flexibility index (Phi) is 7.04. The van der Waals surface area contributed by atoms with Gasteiger partial charge in [0.05, 0.1) is 13.0 Å². The Morgan fingerprint density at radius 3 is 2.48 bits per heavy atom. The van der Waals surface area contributed by atoms with Gasteiger partial charge in [-0.2, -0.15) is 21.6 Å². The topological polar surface area (TPSA) is 69.7 Å². The quantitative estimate of drug-likeness (QED) is 0.299. The number of benzene rings is 1. The molecule has 0 spiro atoms. The van der Waals surface area contributed by atoms with Crippen molar-refractivity contribution in [3.8, 4) is 5.75 Å². The Balaban J connectivity index is 3.15. The number of alkyl halides is 3. The molecule has 0 saturated carbocycles. The van der Waals surface area contributed by atoms with Gasteiger partial charge < -0.3 is 8.92 Å². The molecule has 1 aromatic carbocycles. The largest absolute Gasteiger partial charge is 0.534 e. The number of halogens is 3. The first-order chi connectivity index (χ1) is 11.6. The van der Waals surface area contributed by atoms with Crippen molar-refractivity contribution in [1.82, 2.24) is 0 Å². The highest BCUT2D eigenvalue weighted by Crippen LogP contribution is 2.30. The van der Waals surface area contributed by atoms with Crippen molar-refractivity contribution in [3.63, 3.8) is 0 Å². The van der Waals surface area contributed by atoms with Gasteiger partial charge in [-0.05, 0) is 36.5 Å². The van der Waals surface area contributed by atoms with Crippen molar-refractivity contribution in [3.05, 3.63) is 42.0 Å². The smallest absolute Gasteiger partial charge is 0.469 e. The molecule has 0 aliphatic rings. The molecule has 0 aliphatic carbocycles. The summed E-state index contributed by atoms with van der Waals surface area (Å²) in [5, 5.41) is 0. The van der Waals surface area contributed by atoms with Gasteiger partial charge in [0.25, 0.3) is 0 Å². The molecule has 0 aliphatic heterocycles. The van der Waals surface area contributed by atoms with Gasteiger partial charge in [-0.25, -0.2) is 0 Å². The lowest BCUT2D eigenvalue weighted by Gasteiger charge is -2.16. The van der Waals surface area contributed by atoms with Crippen LogP contribution in [-0.2, 0) is 32.5 Å². The van der Waals surface area contributed by atoms with E-state index in [1.807, 2.05) is 0 Å². The van der Waals surface area contributed by atoms with Crippen LogP contribution < -0.4 is 4.18 Å². The number of methoxy groups -OCH3 is 1. The van der Waals surface area contributed by atoms with Crippen LogP contribution in [-0.4, -0.2) is 27.0 Å². The van der Waals surface area contributed by atoms with E-state index in [0.717, 1.165) is 6.07 Å². The lowest BCUT2D eigenvalue weighted by molar-refractivity contribution is -0.145. The molecule has 0 fully saturated rings. The Labute approximate surface area is 144 Å². The zero-order valence-electron chi connectivity index (χ0n) is 13.8. The summed E-state index contributed by atoms with van der Waals surface area (Å²) in [5.74, 6) is -1.23. The van der Waals surface area contributed by atoms with Crippen LogP contribution >= 0.6 is 0 Å². The predicted octanol–water partition coefficient (Wildman–Crippen LogP) is 3.39. The third-order valence-electron chi connectivity index (χ3n) is 3.48. The molecule has 0 saturated heterocycles. The van der Waals surface area contributed by atoms with Crippen LogP contribution in [0.2, 0.25) is 0 Å². The minimum Gasteiger partial charge on any atom is -0.469 e. The lowest BCUT2D eigenvalue weighted by atomic mass is 9.95. The first-order valence-electron chi connectivity index (χ1n) is 7.37. The molecule has 0 N–H and O–H groups in total. The fourth-order valence-corrected chi connectivity index (χ4v) is 2.66. The summed E-state index contributed by atoms with van der Waals surface area (Å²) in [7, 11) is -4.49. The van der Waals surface area contributed by atoms with Gasteiger partial charge in [0.2, 0.25) is 0 Å². The molecular formula is C16H19F3O5S. The van der Waals surface area contributed by atoms with E-state index in [-0.39, 0.29) is 12.0 Å². The van der Waals surface area contributed by atoms with Gasteiger partial charge in [-0.15, -0.1) is 6.58 Å². The van der Waals surface area contributed by atoms with E-state index in [2.05, 4.69) is 10.8 Å². The highest BCUT2D eigenvalue weighted by molar-refractivity contribution is 7.88. The molecule has 5 nitrogen and oxygen atoms in total. The van der Waals surface area contributed by atoms with Crippen molar-refractivity contribution in [2.24, 2.45) is 5.92 Å². The summed E-state index contributed by atoms with van der Waals surface area (Å²) >= 11 is 0. The summed E-state index contributed by atoms with van der Waals surface area (Å²) in [4.78, 5) is 11.7. The van der Waals surface area contributed by atoms with Crippen molar-refractivity contribution < 1.29 is 35.3 Å². The highest BCUT2D eigenvalue weighted by atomic mass is 32.2. The second kappa shape index (κ2) is 8.37. The van der Waals surface area contributed by atoms with Crippen molar-refractivity contribution in [2.45, 2.75) is 31.7 Å². The number of carbonyl (C=O) groups excluding carboxylic acids is 1. The van der Waals surface area contributed by atoms with Crippen molar-refractivity contribution in [2.75, 3.05) is 7.11 Å². The maximum Gasteiger partial charge on any atom is 0.534 e. The first kappa shape index (κ1) is 21.0. The van der Waals surface area contributed by atoms with Gasteiger partial charge in [-0.3, -0.25) is 4.79 Å². The van der Waals surface area contributed by atoms with Gasteiger partial charge in [0, 0.05) is 0 Å². The van der Waals surface area contributed by atoms with Gasteiger partial charge in [-0.1, -0.05) is 25.1 Å². The van der Waals surface area contributed by atoms with Crippen LogP contribution in [0.1, 0.15) is 24.5 Å². The van der Waals surface area contributed by atoms with E-state index in [0.29, 0.717) is 18.4 Å². The zero-order valence-corrected chi connectivity index (χ0v) is 14.6. The van der Waals surface area contributed by atoms with E-state index in [9.17, 15) is 26.4 Å². The molecule has 0 amide bonds. The Morgan fingerprint density at radius 2 is 2.00 bits per heavy atom. The molecular weight excluding hydrogens is 361 g/mol. The number of ether oxygens (including phenoxy) is 1. The molecule has 1 unspecified atom stereocenters. The van der Waals surface area contributed by atoms with Gasteiger partial charge in [0.15, 0.2) is 0 Å². The Morgan fingerprint density at radius 1 is 1.36 bits per heavy atom. The number of esters is 1. The Bertz CT molecular complexity index is 726. The summed E-state index contributed by atoms with van der Waals surface area (Å²) in [5.41, 5.74) is -4.65.